The van der Waals surface area contributed by atoms with Crippen LogP contribution in [-0.4, -0.2) is 9.97 Å². The molecule has 2 aliphatic rings. The summed E-state index contributed by atoms with van der Waals surface area (Å²) in [6, 6.07) is 70.5. The second-order valence-electron chi connectivity index (χ2n) is 16.0. The Balaban J connectivity index is 0.996. The van der Waals surface area contributed by atoms with Gasteiger partial charge in [0.25, 0.3) is 0 Å². The van der Waals surface area contributed by atoms with Gasteiger partial charge in [0.1, 0.15) is 0 Å². The Hall–Kier alpha value is -6.90. The van der Waals surface area contributed by atoms with Crippen LogP contribution in [-0.2, 0) is 5.41 Å². The van der Waals surface area contributed by atoms with Crippen molar-refractivity contribution in [3.8, 4) is 78.4 Å². The second-order valence-corrected chi connectivity index (χ2v) is 16.0. The van der Waals surface area contributed by atoms with E-state index in [4.69, 9.17) is 9.97 Å². The average Bonchev–Trinajstić information content (AvgIpc) is 3.56. The number of rotatable bonds is 6. The Bertz CT molecular complexity index is 2940. The van der Waals surface area contributed by atoms with Crippen LogP contribution in [0.3, 0.4) is 0 Å². The monoisotopic (exact) mass is 742 g/mol. The molecule has 2 aliphatic carbocycles. The molecule has 0 unspecified atom stereocenters. The van der Waals surface area contributed by atoms with Gasteiger partial charge in [0.15, 0.2) is 5.82 Å². The molecule has 1 saturated carbocycles. The summed E-state index contributed by atoms with van der Waals surface area (Å²) in [5.74, 6) is 0.719. The molecule has 0 aliphatic heterocycles. The van der Waals surface area contributed by atoms with Crippen molar-refractivity contribution in [3.05, 3.63) is 205 Å². The van der Waals surface area contributed by atoms with Gasteiger partial charge in [-0.25, -0.2) is 9.97 Å². The van der Waals surface area contributed by atoms with Gasteiger partial charge in [0, 0.05) is 22.1 Å². The van der Waals surface area contributed by atoms with Crippen molar-refractivity contribution in [2.24, 2.45) is 0 Å². The zero-order valence-electron chi connectivity index (χ0n) is 32.4. The van der Waals surface area contributed by atoms with Crippen molar-refractivity contribution >= 4 is 10.8 Å². The van der Waals surface area contributed by atoms with Gasteiger partial charge in [-0.2, -0.15) is 0 Å². The molecule has 8 aromatic carbocycles. The molecule has 11 rings (SSSR count). The van der Waals surface area contributed by atoms with E-state index in [-0.39, 0.29) is 5.41 Å². The fourth-order valence-corrected chi connectivity index (χ4v) is 9.86. The summed E-state index contributed by atoms with van der Waals surface area (Å²) in [5, 5.41) is 2.65. The van der Waals surface area contributed by atoms with Gasteiger partial charge in [-0.05, 0) is 97.4 Å². The van der Waals surface area contributed by atoms with Gasteiger partial charge in [-0.3, -0.25) is 0 Å². The lowest BCUT2D eigenvalue weighted by atomic mass is 9.67. The third-order valence-electron chi connectivity index (χ3n) is 12.7. The normalized spacial score (nSPS) is 14.0. The third-order valence-corrected chi connectivity index (χ3v) is 12.7. The minimum absolute atomic E-state index is 0.0818. The SMILES string of the molecule is c1ccc(-c2ccc(-c3cc(-c4ccc(-c5ccccc5-c5cccc6c5-c5cc7ccccc7cc5C65CCCCC5)cc4)nc(-c4ccccc4)n3)cc2)cc1. The number of nitrogens with zero attached hydrogens (tertiary/aromatic N) is 2. The smallest absolute Gasteiger partial charge is 0.160 e. The lowest BCUT2D eigenvalue weighted by Crippen LogP contribution is -2.28. The Morgan fingerprint density at radius 3 is 1.52 bits per heavy atom. The fourth-order valence-electron chi connectivity index (χ4n) is 9.86. The van der Waals surface area contributed by atoms with Crippen LogP contribution < -0.4 is 0 Å². The molecular formula is C56H42N2. The highest BCUT2D eigenvalue weighted by molar-refractivity contribution is 6.01. The van der Waals surface area contributed by atoms with E-state index in [2.05, 4.69) is 176 Å². The fraction of sp³-hybridized carbons (Fsp3) is 0.107. The van der Waals surface area contributed by atoms with Crippen LogP contribution >= 0.6 is 0 Å². The van der Waals surface area contributed by atoms with E-state index in [0.29, 0.717) is 0 Å². The van der Waals surface area contributed by atoms with Crippen molar-refractivity contribution in [2.45, 2.75) is 37.5 Å². The number of hydrogen-bond acceptors (Lipinski definition) is 2. The van der Waals surface area contributed by atoms with Crippen LogP contribution in [0.5, 0.6) is 0 Å². The lowest BCUT2D eigenvalue weighted by molar-refractivity contribution is 0.353. The van der Waals surface area contributed by atoms with Crippen LogP contribution in [0.4, 0.5) is 0 Å². The summed E-state index contributed by atoms with van der Waals surface area (Å²) in [6.45, 7) is 0. The summed E-state index contributed by atoms with van der Waals surface area (Å²) in [5.41, 5.74) is 18.3. The minimum atomic E-state index is 0.0818. The van der Waals surface area contributed by atoms with Crippen molar-refractivity contribution in [1.82, 2.24) is 9.97 Å². The highest BCUT2D eigenvalue weighted by Gasteiger charge is 2.44. The van der Waals surface area contributed by atoms with E-state index in [1.54, 1.807) is 0 Å². The Morgan fingerprint density at radius 1 is 0.328 bits per heavy atom. The molecule has 58 heavy (non-hydrogen) atoms. The molecule has 1 spiro atoms. The molecule has 0 bridgehead atoms. The van der Waals surface area contributed by atoms with Gasteiger partial charge in [0.05, 0.1) is 11.4 Å². The second kappa shape index (κ2) is 14.2. The van der Waals surface area contributed by atoms with Crippen molar-refractivity contribution < 1.29 is 0 Å². The molecule has 1 aromatic heterocycles. The molecule has 0 N–H and O–H groups in total. The number of hydrogen-bond donors (Lipinski definition) is 0. The molecule has 0 saturated heterocycles. The Morgan fingerprint density at radius 2 is 0.845 bits per heavy atom. The zero-order chi connectivity index (χ0) is 38.5. The van der Waals surface area contributed by atoms with Gasteiger partial charge in [0.2, 0.25) is 0 Å². The molecule has 0 radical (unpaired) electrons. The van der Waals surface area contributed by atoms with E-state index in [1.807, 2.05) is 18.2 Å². The van der Waals surface area contributed by atoms with E-state index < -0.39 is 0 Å². The first-order valence-electron chi connectivity index (χ1n) is 20.7. The summed E-state index contributed by atoms with van der Waals surface area (Å²) in [4.78, 5) is 10.2. The van der Waals surface area contributed by atoms with Gasteiger partial charge in [-0.1, -0.05) is 195 Å². The van der Waals surface area contributed by atoms with Crippen LogP contribution in [0.25, 0.3) is 89.2 Å². The summed E-state index contributed by atoms with van der Waals surface area (Å²) < 4.78 is 0. The summed E-state index contributed by atoms with van der Waals surface area (Å²) in [6.07, 6.45) is 6.31. The molecular weight excluding hydrogens is 701 g/mol. The van der Waals surface area contributed by atoms with Crippen molar-refractivity contribution in [2.75, 3.05) is 0 Å². The van der Waals surface area contributed by atoms with Gasteiger partial charge >= 0.3 is 0 Å². The maximum Gasteiger partial charge on any atom is 0.160 e. The molecule has 0 amide bonds. The zero-order valence-corrected chi connectivity index (χ0v) is 32.4. The van der Waals surface area contributed by atoms with Crippen molar-refractivity contribution in [3.63, 3.8) is 0 Å². The predicted octanol–water partition coefficient (Wildman–Crippen LogP) is 14.9. The van der Waals surface area contributed by atoms with Gasteiger partial charge in [-0.15, -0.1) is 0 Å². The maximum absolute atomic E-state index is 5.14. The summed E-state index contributed by atoms with van der Waals surface area (Å²) in [7, 11) is 0. The van der Waals surface area contributed by atoms with Crippen LogP contribution in [0.15, 0.2) is 194 Å². The molecule has 2 nitrogen and oxygen atoms in total. The number of fused-ring (bicyclic) bond motifs is 6. The summed E-state index contributed by atoms with van der Waals surface area (Å²) >= 11 is 0. The molecule has 1 heterocycles. The number of aromatic nitrogens is 2. The Kier molecular flexibility index (Phi) is 8.43. The average molecular weight is 743 g/mol. The molecule has 276 valence electrons. The maximum atomic E-state index is 5.14. The van der Waals surface area contributed by atoms with Crippen LogP contribution in [0.1, 0.15) is 43.2 Å². The first-order chi connectivity index (χ1) is 28.7. The van der Waals surface area contributed by atoms with Crippen LogP contribution in [0.2, 0.25) is 0 Å². The molecule has 2 heteroatoms. The van der Waals surface area contributed by atoms with E-state index >= 15 is 0 Å². The minimum Gasteiger partial charge on any atom is -0.228 e. The quantitative estimate of drug-likeness (QED) is 0.170. The highest BCUT2D eigenvalue weighted by Crippen LogP contribution is 2.59. The van der Waals surface area contributed by atoms with Crippen molar-refractivity contribution in [1.29, 1.82) is 0 Å². The van der Waals surface area contributed by atoms with E-state index in [1.165, 1.54) is 98.5 Å². The number of benzene rings is 8. The first kappa shape index (κ1) is 34.4. The van der Waals surface area contributed by atoms with Gasteiger partial charge < -0.3 is 0 Å². The largest absolute Gasteiger partial charge is 0.228 e. The van der Waals surface area contributed by atoms with E-state index in [0.717, 1.165) is 33.9 Å². The molecule has 9 aromatic rings. The lowest BCUT2D eigenvalue weighted by Gasteiger charge is -2.36. The molecule has 0 atom stereocenters. The van der Waals surface area contributed by atoms with E-state index in [9.17, 15) is 0 Å². The third kappa shape index (κ3) is 5.87. The topological polar surface area (TPSA) is 25.8 Å². The predicted molar refractivity (Wildman–Crippen MR) is 241 cm³/mol. The first-order valence-corrected chi connectivity index (χ1v) is 20.7. The van der Waals surface area contributed by atoms with Crippen LogP contribution in [0, 0.1) is 0 Å². The standard InChI is InChI=1S/C56H42N2/c1-4-15-38(16-5-1)39-25-29-41(30-26-39)52-37-53(58-55(57-52)43-17-6-2-7-18-43)42-31-27-40(28-32-42)46-21-10-11-22-47(46)48-23-14-24-50-54(48)49-35-44-19-8-9-20-45(44)36-51(49)56(50)33-12-3-13-34-56/h1-2,4-11,14-32,35-37H,3,12-13,33-34H2. The Labute approximate surface area is 340 Å². The highest BCUT2D eigenvalue weighted by atomic mass is 14.9. The molecule has 1 fully saturated rings.